The molecule has 6 rings (SSSR count). The van der Waals surface area contributed by atoms with E-state index in [4.69, 9.17) is 9.26 Å². The average molecular weight is 604 g/mol. The molecule has 5 heterocycles. The van der Waals surface area contributed by atoms with Crippen LogP contribution in [0, 0.1) is 0 Å². The van der Waals surface area contributed by atoms with Crippen LogP contribution in [-0.4, -0.2) is 81.3 Å². The Labute approximate surface area is 245 Å². The van der Waals surface area contributed by atoms with Crippen molar-refractivity contribution in [3.8, 4) is 11.5 Å². The standard InChI is InChI=1S/C29H33F4N7O3/c1-2-38-9-7-23(21(30)15-38)35-22-4-3-5-24-20(22)12-25(40(24)17-29(31,32)33)27-36-26(43-37-27)13-34-28(41)18-6-10-39(14-18)19-8-11-42-16-19/h3-6,10,12,14,19,21,23,35H,2,7-9,11,13,15-17H2,1H3,(H,34,41)/t19?,21-,23+/m0/s1. The normalized spacial score (nSPS) is 21.5. The fourth-order valence-electron chi connectivity index (χ4n) is 5.78. The molecule has 0 bridgehead atoms. The number of halogens is 4. The summed E-state index contributed by atoms with van der Waals surface area (Å²) in [5, 5.41) is 10.4. The third-order valence-electron chi connectivity index (χ3n) is 8.10. The maximum Gasteiger partial charge on any atom is 0.406 e. The van der Waals surface area contributed by atoms with Gasteiger partial charge < -0.3 is 33.9 Å². The molecule has 2 aliphatic heterocycles. The molecule has 1 amide bonds. The number of ether oxygens (including phenoxy) is 1. The molecule has 2 saturated heterocycles. The molecule has 0 radical (unpaired) electrons. The van der Waals surface area contributed by atoms with Gasteiger partial charge in [-0.2, -0.15) is 18.2 Å². The van der Waals surface area contributed by atoms with Crippen LogP contribution in [0.15, 0.2) is 47.2 Å². The number of fused-ring (bicyclic) bond motifs is 1. The molecule has 43 heavy (non-hydrogen) atoms. The Bertz CT molecular complexity index is 1570. The number of alkyl halides is 4. The third kappa shape index (κ3) is 6.39. The average Bonchev–Trinajstić information content (AvgIpc) is 3.79. The molecule has 2 N–H and O–H groups in total. The summed E-state index contributed by atoms with van der Waals surface area (Å²) in [6, 6.07) is 7.92. The second kappa shape index (κ2) is 12.0. The molecule has 10 nitrogen and oxygen atoms in total. The Morgan fingerprint density at radius 1 is 1.21 bits per heavy atom. The highest BCUT2D eigenvalue weighted by molar-refractivity contribution is 5.96. The van der Waals surface area contributed by atoms with Crippen molar-refractivity contribution in [1.82, 2.24) is 29.5 Å². The summed E-state index contributed by atoms with van der Waals surface area (Å²) in [6.07, 6.45) is -0.635. The highest BCUT2D eigenvalue weighted by Crippen LogP contribution is 2.35. The minimum absolute atomic E-state index is 0.0390. The van der Waals surface area contributed by atoms with E-state index in [9.17, 15) is 22.4 Å². The number of piperidine rings is 1. The Balaban J connectivity index is 1.22. The van der Waals surface area contributed by atoms with Crippen LogP contribution >= 0.6 is 0 Å². The molecule has 1 aromatic carbocycles. The van der Waals surface area contributed by atoms with E-state index in [1.54, 1.807) is 36.5 Å². The minimum atomic E-state index is -4.53. The van der Waals surface area contributed by atoms with Gasteiger partial charge >= 0.3 is 6.18 Å². The van der Waals surface area contributed by atoms with Crippen molar-refractivity contribution in [3.63, 3.8) is 0 Å². The van der Waals surface area contributed by atoms with Gasteiger partial charge in [0.2, 0.25) is 11.7 Å². The van der Waals surface area contributed by atoms with Crippen LogP contribution in [0.4, 0.5) is 23.2 Å². The number of likely N-dealkylation sites (tertiary alicyclic amines) is 1. The van der Waals surface area contributed by atoms with E-state index in [1.807, 2.05) is 22.6 Å². The first-order chi connectivity index (χ1) is 20.7. The van der Waals surface area contributed by atoms with Crippen LogP contribution in [0.1, 0.15) is 42.1 Å². The predicted molar refractivity (Wildman–Crippen MR) is 150 cm³/mol. The van der Waals surface area contributed by atoms with Crippen molar-refractivity contribution in [2.75, 3.05) is 38.2 Å². The largest absolute Gasteiger partial charge is 0.406 e. The van der Waals surface area contributed by atoms with Crippen LogP contribution < -0.4 is 10.6 Å². The van der Waals surface area contributed by atoms with Gasteiger partial charge in [0.05, 0.1) is 42.0 Å². The molecule has 0 aliphatic carbocycles. The number of hydrogen-bond acceptors (Lipinski definition) is 7. The number of rotatable bonds is 9. The Morgan fingerprint density at radius 3 is 2.81 bits per heavy atom. The minimum Gasteiger partial charge on any atom is -0.379 e. The smallest absolute Gasteiger partial charge is 0.379 e. The van der Waals surface area contributed by atoms with Gasteiger partial charge in [0, 0.05) is 43.2 Å². The second-order valence-electron chi connectivity index (χ2n) is 11.0. The molecular weight excluding hydrogens is 570 g/mol. The van der Waals surface area contributed by atoms with E-state index in [0.29, 0.717) is 48.3 Å². The van der Waals surface area contributed by atoms with Gasteiger partial charge in [0.25, 0.3) is 5.91 Å². The first-order valence-corrected chi connectivity index (χ1v) is 14.4. The lowest BCUT2D eigenvalue weighted by Crippen LogP contribution is -2.47. The van der Waals surface area contributed by atoms with Gasteiger partial charge in [0.15, 0.2) is 0 Å². The number of amides is 1. The zero-order chi connectivity index (χ0) is 30.1. The molecule has 1 unspecified atom stereocenters. The molecule has 4 aromatic rings. The highest BCUT2D eigenvalue weighted by Gasteiger charge is 2.32. The number of carbonyl (C=O) groups is 1. The van der Waals surface area contributed by atoms with Crippen molar-refractivity contribution < 1.29 is 31.6 Å². The van der Waals surface area contributed by atoms with E-state index in [0.717, 1.165) is 24.1 Å². The zero-order valence-corrected chi connectivity index (χ0v) is 23.6. The van der Waals surface area contributed by atoms with Crippen LogP contribution in [0.5, 0.6) is 0 Å². The molecule has 3 aromatic heterocycles. The number of hydrogen-bond donors (Lipinski definition) is 2. The monoisotopic (exact) mass is 603 g/mol. The summed E-state index contributed by atoms with van der Waals surface area (Å²) in [5.41, 5.74) is 1.38. The van der Waals surface area contributed by atoms with E-state index in [2.05, 4.69) is 20.8 Å². The number of carbonyl (C=O) groups excluding carboxylic acids is 1. The Kier molecular flexibility index (Phi) is 8.14. The topological polar surface area (TPSA) is 102 Å². The van der Waals surface area contributed by atoms with E-state index in [1.165, 1.54) is 0 Å². The van der Waals surface area contributed by atoms with Crippen molar-refractivity contribution in [1.29, 1.82) is 0 Å². The van der Waals surface area contributed by atoms with E-state index >= 15 is 0 Å². The maximum atomic E-state index is 14.9. The molecule has 0 spiro atoms. The van der Waals surface area contributed by atoms with Crippen LogP contribution in [0.3, 0.4) is 0 Å². The number of benzene rings is 1. The van der Waals surface area contributed by atoms with E-state index in [-0.39, 0.29) is 35.9 Å². The SMILES string of the molecule is CCN1CC[C@@H](Nc2cccc3c2cc(-c2noc(CNC(=O)c4ccn(C5CCOC5)c4)n2)n3CC(F)(F)F)[C@@H](F)C1. The molecule has 14 heteroatoms. The third-order valence-corrected chi connectivity index (χ3v) is 8.10. The fraction of sp³-hybridized carbons (Fsp3) is 0.483. The van der Waals surface area contributed by atoms with Gasteiger partial charge in [0.1, 0.15) is 12.7 Å². The number of anilines is 1. The number of aromatic nitrogens is 4. The van der Waals surface area contributed by atoms with Crippen molar-refractivity contribution >= 4 is 22.5 Å². The molecule has 230 valence electrons. The summed E-state index contributed by atoms with van der Waals surface area (Å²) < 4.78 is 69.8. The lowest BCUT2D eigenvalue weighted by Gasteiger charge is -2.35. The second-order valence-corrected chi connectivity index (χ2v) is 11.0. The molecule has 0 saturated carbocycles. The molecular formula is C29H33F4N7O3. The Hall–Kier alpha value is -3.91. The summed E-state index contributed by atoms with van der Waals surface area (Å²) >= 11 is 0. The maximum absolute atomic E-state index is 14.9. The van der Waals surface area contributed by atoms with Crippen LogP contribution in [-0.2, 0) is 17.8 Å². The van der Waals surface area contributed by atoms with Crippen LogP contribution in [0.2, 0.25) is 0 Å². The van der Waals surface area contributed by atoms with Gasteiger partial charge in [-0.3, -0.25) is 4.79 Å². The first-order valence-electron chi connectivity index (χ1n) is 14.4. The van der Waals surface area contributed by atoms with Crippen molar-refractivity contribution in [2.24, 2.45) is 0 Å². The van der Waals surface area contributed by atoms with Gasteiger partial charge in [-0.05, 0) is 43.7 Å². The lowest BCUT2D eigenvalue weighted by molar-refractivity contribution is -0.139. The lowest BCUT2D eigenvalue weighted by atomic mass is 10.0. The van der Waals surface area contributed by atoms with E-state index < -0.39 is 24.9 Å². The van der Waals surface area contributed by atoms with Gasteiger partial charge in [-0.15, -0.1) is 0 Å². The Morgan fingerprint density at radius 2 is 2.07 bits per heavy atom. The predicted octanol–water partition coefficient (Wildman–Crippen LogP) is 4.79. The molecule has 2 fully saturated rings. The fourth-order valence-corrected chi connectivity index (χ4v) is 5.78. The molecule has 3 atom stereocenters. The van der Waals surface area contributed by atoms with Gasteiger partial charge in [-0.1, -0.05) is 18.1 Å². The first kappa shape index (κ1) is 29.2. The summed E-state index contributed by atoms with van der Waals surface area (Å²) in [6.45, 7) is 3.66. The highest BCUT2D eigenvalue weighted by atomic mass is 19.4. The van der Waals surface area contributed by atoms with Gasteiger partial charge in [-0.25, -0.2) is 4.39 Å². The summed E-state index contributed by atoms with van der Waals surface area (Å²) in [7, 11) is 0. The van der Waals surface area contributed by atoms with Crippen molar-refractivity contribution in [3.05, 3.63) is 54.2 Å². The summed E-state index contributed by atoms with van der Waals surface area (Å²) in [5.74, 6) is -0.366. The van der Waals surface area contributed by atoms with Crippen LogP contribution in [0.25, 0.3) is 22.4 Å². The number of nitrogens with one attached hydrogen (secondary N) is 2. The number of nitrogens with zero attached hydrogens (tertiary/aromatic N) is 5. The zero-order valence-electron chi connectivity index (χ0n) is 23.6. The molecule has 2 aliphatic rings. The quantitative estimate of drug-likeness (QED) is 0.265. The summed E-state index contributed by atoms with van der Waals surface area (Å²) in [4.78, 5) is 19.0. The van der Waals surface area contributed by atoms with Crippen molar-refractivity contribution in [2.45, 2.75) is 57.3 Å².